The van der Waals surface area contributed by atoms with Crippen molar-refractivity contribution in [1.29, 1.82) is 0 Å². The number of hydrogen-bond donors (Lipinski definition) is 0. The van der Waals surface area contributed by atoms with Crippen LogP contribution in [-0.2, 0) is 4.79 Å². The number of carbonyl (C=O) groups excluding carboxylic acids is 1. The molecule has 1 amide bonds. The van der Waals surface area contributed by atoms with Gasteiger partial charge >= 0.3 is 0 Å². The van der Waals surface area contributed by atoms with Crippen molar-refractivity contribution in [3.05, 3.63) is 40.3 Å². The summed E-state index contributed by atoms with van der Waals surface area (Å²) in [6, 6.07) is 8.47. The van der Waals surface area contributed by atoms with Crippen LogP contribution >= 0.6 is 24.0 Å². The molecule has 3 heterocycles. The molecule has 4 nitrogen and oxygen atoms in total. The van der Waals surface area contributed by atoms with Crippen LogP contribution in [-0.4, -0.2) is 40.2 Å². The van der Waals surface area contributed by atoms with Gasteiger partial charge in [-0.3, -0.25) is 9.69 Å². The summed E-state index contributed by atoms with van der Waals surface area (Å²) in [5, 5.41) is 1.10. The van der Waals surface area contributed by atoms with Crippen molar-refractivity contribution in [3.8, 4) is 0 Å². The third kappa shape index (κ3) is 3.23. The lowest BCUT2D eigenvalue weighted by atomic mass is 10.1. The number of thioether (sulfide) groups is 1. The van der Waals surface area contributed by atoms with E-state index >= 15 is 0 Å². The highest BCUT2D eigenvalue weighted by atomic mass is 32.2. The van der Waals surface area contributed by atoms with Crippen LogP contribution in [0.25, 0.3) is 17.0 Å². The Kier molecular flexibility index (Phi) is 4.71. The van der Waals surface area contributed by atoms with Gasteiger partial charge in [0.2, 0.25) is 0 Å². The summed E-state index contributed by atoms with van der Waals surface area (Å²) in [4.78, 5) is 22.0. The van der Waals surface area contributed by atoms with Gasteiger partial charge in [-0.05, 0) is 50.5 Å². The van der Waals surface area contributed by atoms with Gasteiger partial charge in [-0.1, -0.05) is 35.6 Å². The van der Waals surface area contributed by atoms with Crippen molar-refractivity contribution >= 4 is 57.0 Å². The molecule has 134 valence electrons. The zero-order chi connectivity index (χ0) is 18.3. The number of hydrogen-bond acceptors (Lipinski definition) is 5. The molecule has 2 saturated heterocycles. The number of anilines is 1. The van der Waals surface area contributed by atoms with Crippen LogP contribution < -0.4 is 4.90 Å². The van der Waals surface area contributed by atoms with E-state index in [1.54, 1.807) is 7.05 Å². The molecule has 0 atom stereocenters. The van der Waals surface area contributed by atoms with Crippen LogP contribution in [0.5, 0.6) is 0 Å². The van der Waals surface area contributed by atoms with E-state index in [1.807, 2.05) is 6.08 Å². The minimum atomic E-state index is -0.0334. The fourth-order valence-corrected chi connectivity index (χ4v) is 4.62. The molecule has 4 rings (SSSR count). The smallest absolute Gasteiger partial charge is 0.265 e. The van der Waals surface area contributed by atoms with Crippen LogP contribution in [0, 0.1) is 6.92 Å². The first-order chi connectivity index (χ1) is 12.5. The molecule has 0 bridgehead atoms. The average Bonchev–Trinajstić information content (AvgIpc) is 2.88. The van der Waals surface area contributed by atoms with Gasteiger partial charge in [0.25, 0.3) is 5.91 Å². The molecule has 6 heteroatoms. The maximum Gasteiger partial charge on any atom is 0.265 e. The highest BCUT2D eigenvalue weighted by Crippen LogP contribution is 2.34. The van der Waals surface area contributed by atoms with Crippen LogP contribution in [0.4, 0.5) is 5.82 Å². The van der Waals surface area contributed by atoms with Gasteiger partial charge in [0.1, 0.15) is 10.1 Å². The topological polar surface area (TPSA) is 36.4 Å². The van der Waals surface area contributed by atoms with E-state index in [2.05, 4.69) is 36.1 Å². The Hall–Kier alpha value is -1.92. The second-order valence-electron chi connectivity index (χ2n) is 6.89. The number of piperidine rings is 1. The van der Waals surface area contributed by atoms with E-state index in [0.717, 1.165) is 35.4 Å². The zero-order valence-electron chi connectivity index (χ0n) is 15.0. The quantitative estimate of drug-likeness (QED) is 0.569. The molecule has 26 heavy (non-hydrogen) atoms. The fraction of sp³-hybridized carbons (Fsp3) is 0.350. The molecule has 2 aliphatic rings. The molecule has 0 unspecified atom stereocenters. The van der Waals surface area contributed by atoms with Gasteiger partial charge in [0, 0.05) is 31.1 Å². The van der Waals surface area contributed by atoms with E-state index in [9.17, 15) is 4.79 Å². The highest BCUT2D eigenvalue weighted by Gasteiger charge is 2.29. The monoisotopic (exact) mass is 383 g/mol. The number of fused-ring (bicyclic) bond motifs is 1. The summed E-state index contributed by atoms with van der Waals surface area (Å²) >= 11 is 6.63. The van der Waals surface area contributed by atoms with Crippen molar-refractivity contribution in [2.75, 3.05) is 25.0 Å². The second-order valence-corrected chi connectivity index (χ2v) is 8.56. The van der Waals surface area contributed by atoms with Crippen molar-refractivity contribution in [1.82, 2.24) is 9.88 Å². The molecule has 2 aromatic rings. The molecule has 0 saturated carbocycles. The summed E-state index contributed by atoms with van der Waals surface area (Å²) in [6.45, 7) is 4.11. The molecule has 0 spiro atoms. The van der Waals surface area contributed by atoms with E-state index < -0.39 is 0 Å². The summed E-state index contributed by atoms with van der Waals surface area (Å²) in [6.07, 6.45) is 5.60. The van der Waals surface area contributed by atoms with Crippen LogP contribution in [0.1, 0.15) is 30.4 Å². The third-order valence-corrected chi connectivity index (χ3v) is 6.39. The predicted octanol–water partition coefficient (Wildman–Crippen LogP) is 4.36. The number of aromatic nitrogens is 1. The number of pyridine rings is 1. The highest BCUT2D eigenvalue weighted by molar-refractivity contribution is 8.26. The molecule has 1 aromatic carbocycles. The summed E-state index contributed by atoms with van der Waals surface area (Å²) in [7, 11) is 1.73. The lowest BCUT2D eigenvalue weighted by Gasteiger charge is -2.29. The van der Waals surface area contributed by atoms with E-state index in [0.29, 0.717) is 9.23 Å². The van der Waals surface area contributed by atoms with Gasteiger partial charge in [0.05, 0.1) is 10.4 Å². The number of likely N-dealkylation sites (N-methyl/N-ethyl adjacent to an activating group) is 1. The van der Waals surface area contributed by atoms with Gasteiger partial charge < -0.3 is 4.90 Å². The Morgan fingerprint density at radius 3 is 2.65 bits per heavy atom. The number of thiocarbonyl (C=S) groups is 1. The lowest BCUT2D eigenvalue weighted by molar-refractivity contribution is -0.121. The number of aryl methyl sites for hydroxylation is 1. The average molecular weight is 384 g/mol. The van der Waals surface area contributed by atoms with Gasteiger partial charge in [-0.2, -0.15) is 0 Å². The molecule has 2 fully saturated rings. The molecule has 0 aliphatic carbocycles. The Bertz CT molecular complexity index is 932. The molecular formula is C20H21N3OS2. The Labute approximate surface area is 163 Å². The van der Waals surface area contributed by atoms with Crippen LogP contribution in [0.15, 0.2) is 29.2 Å². The SMILES string of the molecule is Cc1ccc2nc(N3CCCCC3)c(/C=C3\SC(=S)N(C)C3=O)cc2c1. The Morgan fingerprint density at radius 2 is 1.96 bits per heavy atom. The predicted molar refractivity (Wildman–Crippen MR) is 113 cm³/mol. The first-order valence-electron chi connectivity index (χ1n) is 8.91. The lowest BCUT2D eigenvalue weighted by Crippen LogP contribution is -2.30. The van der Waals surface area contributed by atoms with Gasteiger partial charge in [-0.25, -0.2) is 4.98 Å². The number of benzene rings is 1. The molecule has 0 radical (unpaired) electrons. The molecule has 0 N–H and O–H groups in total. The maximum atomic E-state index is 12.4. The molecular weight excluding hydrogens is 362 g/mol. The summed E-state index contributed by atoms with van der Waals surface area (Å²) in [5.74, 6) is 0.941. The zero-order valence-corrected chi connectivity index (χ0v) is 16.6. The first-order valence-corrected chi connectivity index (χ1v) is 10.1. The minimum absolute atomic E-state index is 0.0334. The van der Waals surface area contributed by atoms with E-state index in [1.165, 1.54) is 41.5 Å². The number of carbonyl (C=O) groups is 1. The van der Waals surface area contributed by atoms with Gasteiger partial charge in [-0.15, -0.1) is 0 Å². The number of nitrogens with zero attached hydrogens (tertiary/aromatic N) is 3. The Morgan fingerprint density at radius 1 is 1.19 bits per heavy atom. The summed E-state index contributed by atoms with van der Waals surface area (Å²) in [5.41, 5.74) is 3.20. The number of rotatable bonds is 2. The second kappa shape index (κ2) is 7.00. The van der Waals surface area contributed by atoms with Crippen LogP contribution in [0.3, 0.4) is 0 Å². The Balaban J connectivity index is 1.85. The first kappa shape index (κ1) is 17.5. The van der Waals surface area contributed by atoms with E-state index in [-0.39, 0.29) is 5.91 Å². The fourth-order valence-electron chi connectivity index (χ4n) is 3.45. The third-order valence-electron chi connectivity index (χ3n) is 4.91. The largest absolute Gasteiger partial charge is 0.356 e. The summed E-state index contributed by atoms with van der Waals surface area (Å²) < 4.78 is 0.602. The minimum Gasteiger partial charge on any atom is -0.356 e. The normalized spacial score (nSPS) is 19.8. The van der Waals surface area contributed by atoms with Crippen LogP contribution in [0.2, 0.25) is 0 Å². The molecule has 1 aromatic heterocycles. The van der Waals surface area contributed by atoms with Crippen molar-refractivity contribution < 1.29 is 4.79 Å². The van der Waals surface area contributed by atoms with Gasteiger partial charge in [0.15, 0.2) is 0 Å². The maximum absolute atomic E-state index is 12.4. The van der Waals surface area contributed by atoms with Crippen molar-refractivity contribution in [2.45, 2.75) is 26.2 Å². The molecule has 2 aliphatic heterocycles. The number of amides is 1. The standard InChI is InChI=1S/C20H21N3OS2/c1-13-6-7-16-14(10-13)11-15(12-17-19(24)22(2)20(25)26-17)18(21-16)23-8-4-3-5-9-23/h6-7,10-12H,3-5,8-9H2,1-2H3/b17-12-. The van der Waals surface area contributed by atoms with E-state index in [4.69, 9.17) is 17.2 Å². The van der Waals surface area contributed by atoms with Crippen molar-refractivity contribution in [3.63, 3.8) is 0 Å². The van der Waals surface area contributed by atoms with Crippen molar-refractivity contribution in [2.24, 2.45) is 0 Å².